The van der Waals surface area contributed by atoms with Crippen molar-refractivity contribution in [1.29, 1.82) is 0 Å². The van der Waals surface area contributed by atoms with E-state index in [1.807, 2.05) is 13.8 Å². The van der Waals surface area contributed by atoms with Crippen molar-refractivity contribution >= 4 is 29.3 Å². The zero-order chi connectivity index (χ0) is 20.6. The maximum atomic E-state index is 14.6. The van der Waals surface area contributed by atoms with E-state index in [1.54, 1.807) is 0 Å². The molecule has 0 heterocycles. The molecule has 0 saturated carbocycles. The number of hydrogen-bond acceptors (Lipinski definition) is 3. The van der Waals surface area contributed by atoms with Gasteiger partial charge in [0.2, 0.25) is 0 Å². The summed E-state index contributed by atoms with van der Waals surface area (Å²) in [5.74, 6) is -1.59. The molecule has 2 N–H and O–H groups in total. The minimum absolute atomic E-state index is 0.121. The Morgan fingerprint density at radius 2 is 1.86 bits per heavy atom. The summed E-state index contributed by atoms with van der Waals surface area (Å²) in [6, 6.07) is 5.80. The third kappa shape index (κ3) is 3.67. The lowest BCUT2D eigenvalue weighted by molar-refractivity contribution is 0.102. The lowest BCUT2D eigenvalue weighted by atomic mass is 9.83. The van der Waals surface area contributed by atoms with Gasteiger partial charge < -0.3 is 15.4 Å². The van der Waals surface area contributed by atoms with Crippen LogP contribution in [0.15, 0.2) is 30.3 Å². The Bertz CT molecular complexity index is 963. The van der Waals surface area contributed by atoms with Gasteiger partial charge in [-0.3, -0.25) is 4.79 Å². The molecule has 0 bridgehead atoms. The fraction of sp³-hybridized carbons (Fsp3) is 0.300. The predicted octanol–water partition coefficient (Wildman–Crippen LogP) is 4.95. The Morgan fingerprint density at radius 3 is 2.50 bits per heavy atom. The number of fused-ring (bicyclic) bond motifs is 1. The summed E-state index contributed by atoms with van der Waals surface area (Å²) >= 11 is 5.76. The van der Waals surface area contributed by atoms with E-state index >= 15 is 0 Å². The Morgan fingerprint density at radius 1 is 1.18 bits per heavy atom. The molecule has 1 unspecified atom stereocenters. The number of nitrogens with one attached hydrogen (secondary N) is 2. The molecule has 0 saturated heterocycles. The van der Waals surface area contributed by atoms with Crippen molar-refractivity contribution < 1.29 is 23.1 Å². The molecule has 1 atom stereocenters. The van der Waals surface area contributed by atoms with E-state index in [9.17, 15) is 18.4 Å². The van der Waals surface area contributed by atoms with Gasteiger partial charge in [-0.25, -0.2) is 13.6 Å². The van der Waals surface area contributed by atoms with Crippen LogP contribution in [-0.4, -0.2) is 19.1 Å². The van der Waals surface area contributed by atoms with Gasteiger partial charge in [0.25, 0.3) is 5.91 Å². The summed E-state index contributed by atoms with van der Waals surface area (Å²) < 4.78 is 32.6. The smallest absolute Gasteiger partial charge is 0.407 e. The van der Waals surface area contributed by atoms with Gasteiger partial charge in [0.05, 0.1) is 18.2 Å². The fourth-order valence-corrected chi connectivity index (χ4v) is 3.84. The second-order valence-electron chi connectivity index (χ2n) is 7.24. The average molecular weight is 409 g/mol. The standard InChI is InChI=1S/C20H19ClF2N2O3/c1-20(2)9-15(25-19(27)28-3)16-14(23)7-5-11(17(16)20)18(26)24-10-4-6-13(22)12(21)8-10/h4-8,15H,9H2,1-3H3,(H,24,26)(H,25,27). The Hall–Kier alpha value is -2.67. The van der Waals surface area contributed by atoms with Crippen LogP contribution in [-0.2, 0) is 10.2 Å². The predicted molar refractivity (Wildman–Crippen MR) is 102 cm³/mol. The molecule has 28 heavy (non-hydrogen) atoms. The lowest BCUT2D eigenvalue weighted by Crippen LogP contribution is -2.28. The highest BCUT2D eigenvalue weighted by atomic mass is 35.5. The first-order valence-electron chi connectivity index (χ1n) is 8.58. The highest BCUT2D eigenvalue weighted by molar-refractivity contribution is 6.31. The van der Waals surface area contributed by atoms with Crippen molar-refractivity contribution in [3.63, 3.8) is 0 Å². The Labute approximate surface area is 166 Å². The van der Waals surface area contributed by atoms with Gasteiger partial charge in [0.1, 0.15) is 11.6 Å². The van der Waals surface area contributed by atoms with Gasteiger partial charge in [-0.05, 0) is 47.7 Å². The van der Waals surface area contributed by atoms with E-state index in [0.717, 1.165) is 6.07 Å². The minimum atomic E-state index is -0.677. The zero-order valence-electron chi connectivity index (χ0n) is 15.5. The van der Waals surface area contributed by atoms with E-state index in [2.05, 4.69) is 15.4 Å². The van der Waals surface area contributed by atoms with E-state index < -0.39 is 35.1 Å². The largest absolute Gasteiger partial charge is 0.453 e. The number of halogens is 3. The van der Waals surface area contributed by atoms with E-state index in [1.165, 1.54) is 31.4 Å². The Kier molecular flexibility index (Phi) is 5.30. The minimum Gasteiger partial charge on any atom is -0.453 e. The number of carbonyl (C=O) groups is 2. The lowest BCUT2D eigenvalue weighted by Gasteiger charge is -2.22. The van der Waals surface area contributed by atoms with Crippen molar-refractivity contribution in [2.45, 2.75) is 31.7 Å². The highest BCUT2D eigenvalue weighted by Gasteiger charge is 2.42. The second-order valence-corrected chi connectivity index (χ2v) is 7.65. The molecule has 0 spiro atoms. The summed E-state index contributed by atoms with van der Waals surface area (Å²) in [5, 5.41) is 5.15. The summed E-state index contributed by atoms with van der Waals surface area (Å²) in [7, 11) is 1.23. The number of benzene rings is 2. The van der Waals surface area contributed by atoms with Crippen molar-refractivity contribution in [1.82, 2.24) is 5.32 Å². The number of anilines is 1. The first kappa shape index (κ1) is 20.1. The van der Waals surface area contributed by atoms with Crippen molar-refractivity contribution in [2.24, 2.45) is 0 Å². The second kappa shape index (κ2) is 7.39. The summed E-state index contributed by atoms with van der Waals surface area (Å²) in [5.41, 5.74) is 0.793. The topological polar surface area (TPSA) is 67.4 Å². The molecular weight excluding hydrogens is 390 g/mol. The maximum absolute atomic E-state index is 14.6. The molecule has 1 aliphatic rings. The van der Waals surface area contributed by atoms with Crippen LogP contribution in [0.1, 0.15) is 47.8 Å². The number of rotatable bonds is 3. The van der Waals surface area contributed by atoms with Gasteiger partial charge in [0, 0.05) is 16.8 Å². The molecule has 1 aliphatic carbocycles. The van der Waals surface area contributed by atoms with Gasteiger partial charge in [-0.1, -0.05) is 25.4 Å². The van der Waals surface area contributed by atoms with Gasteiger partial charge >= 0.3 is 6.09 Å². The third-order valence-electron chi connectivity index (χ3n) is 4.83. The summed E-state index contributed by atoms with van der Waals surface area (Å²) in [6.45, 7) is 3.74. The van der Waals surface area contributed by atoms with Gasteiger partial charge in [0.15, 0.2) is 0 Å². The van der Waals surface area contributed by atoms with Crippen LogP contribution >= 0.6 is 11.6 Å². The van der Waals surface area contributed by atoms with E-state index in [4.69, 9.17) is 11.6 Å². The third-order valence-corrected chi connectivity index (χ3v) is 5.12. The van der Waals surface area contributed by atoms with Crippen LogP contribution in [0.25, 0.3) is 0 Å². The fourth-order valence-electron chi connectivity index (χ4n) is 3.66. The number of amides is 2. The molecule has 3 rings (SSSR count). The average Bonchev–Trinajstić information content (AvgIpc) is 2.89. The number of methoxy groups -OCH3 is 1. The highest BCUT2D eigenvalue weighted by Crippen LogP contribution is 2.47. The number of carbonyl (C=O) groups excluding carboxylic acids is 2. The van der Waals surface area contributed by atoms with Gasteiger partial charge in [-0.2, -0.15) is 0 Å². The zero-order valence-corrected chi connectivity index (χ0v) is 16.3. The Balaban J connectivity index is 2.00. The van der Waals surface area contributed by atoms with Crippen LogP contribution in [0.2, 0.25) is 5.02 Å². The maximum Gasteiger partial charge on any atom is 0.407 e. The van der Waals surface area contributed by atoms with Gasteiger partial charge in [-0.15, -0.1) is 0 Å². The molecule has 0 fully saturated rings. The number of alkyl carbamates (subject to hydrolysis) is 1. The quantitative estimate of drug-likeness (QED) is 0.755. The number of ether oxygens (including phenoxy) is 1. The SMILES string of the molecule is COC(=O)NC1CC(C)(C)c2c(C(=O)Nc3ccc(F)c(Cl)c3)ccc(F)c21. The van der Waals surface area contributed by atoms with E-state index in [-0.39, 0.29) is 16.1 Å². The van der Waals surface area contributed by atoms with E-state index in [0.29, 0.717) is 17.7 Å². The molecule has 2 aromatic rings. The van der Waals surface area contributed by atoms with Crippen LogP contribution in [0.4, 0.5) is 19.3 Å². The molecule has 148 valence electrons. The van der Waals surface area contributed by atoms with Crippen LogP contribution in [0.3, 0.4) is 0 Å². The molecule has 0 aliphatic heterocycles. The molecule has 2 aromatic carbocycles. The number of hydrogen-bond donors (Lipinski definition) is 2. The van der Waals surface area contributed by atoms with Crippen molar-refractivity contribution in [2.75, 3.05) is 12.4 Å². The van der Waals surface area contributed by atoms with Crippen LogP contribution in [0, 0.1) is 11.6 Å². The molecular formula is C20H19ClF2N2O3. The van der Waals surface area contributed by atoms with Crippen molar-refractivity contribution in [3.05, 3.63) is 63.7 Å². The van der Waals surface area contributed by atoms with Crippen LogP contribution in [0.5, 0.6) is 0 Å². The monoisotopic (exact) mass is 408 g/mol. The first-order chi connectivity index (χ1) is 13.1. The van der Waals surface area contributed by atoms with Crippen LogP contribution < -0.4 is 10.6 Å². The normalized spacial score (nSPS) is 17.0. The molecule has 2 amide bonds. The molecule has 0 aromatic heterocycles. The first-order valence-corrected chi connectivity index (χ1v) is 8.95. The summed E-state index contributed by atoms with van der Waals surface area (Å²) in [4.78, 5) is 24.5. The molecule has 0 radical (unpaired) electrons. The molecule has 5 nitrogen and oxygen atoms in total. The van der Waals surface area contributed by atoms with Crippen molar-refractivity contribution in [3.8, 4) is 0 Å². The summed E-state index contributed by atoms with van der Waals surface area (Å²) in [6.07, 6.45) is -0.273. The molecule has 8 heteroatoms.